The fourth-order valence-corrected chi connectivity index (χ4v) is 4.44. The first-order chi connectivity index (χ1) is 18.8. The zero-order valence-electron chi connectivity index (χ0n) is 21.1. The van der Waals surface area contributed by atoms with Crippen molar-refractivity contribution in [2.75, 3.05) is 11.1 Å². The fraction of sp³-hybridized carbons (Fsp3) is 0.0690. The van der Waals surface area contributed by atoms with Crippen LogP contribution in [0.3, 0.4) is 0 Å². The van der Waals surface area contributed by atoms with Gasteiger partial charge in [0.05, 0.1) is 22.2 Å². The molecule has 0 spiro atoms. The molecule has 0 unspecified atom stereocenters. The highest BCUT2D eigenvalue weighted by molar-refractivity contribution is 6.11. The van der Waals surface area contributed by atoms with Gasteiger partial charge in [-0.05, 0) is 55.0 Å². The minimum Gasteiger partial charge on any atom is -0.424 e. The summed E-state index contributed by atoms with van der Waals surface area (Å²) in [5.41, 5.74) is 10.2. The number of carbonyl (C=O) groups is 1. The number of ether oxygens (including phenoxy) is 1. The van der Waals surface area contributed by atoms with Crippen molar-refractivity contribution in [3.05, 3.63) is 90.7 Å². The number of anilines is 2. The molecule has 0 fully saturated rings. The number of benzene rings is 2. The average molecular weight is 520 g/mol. The van der Waals surface area contributed by atoms with Crippen LogP contribution in [-0.4, -0.2) is 25.4 Å². The Hall–Kier alpha value is -5.56. The van der Waals surface area contributed by atoms with Crippen LogP contribution in [0.2, 0.25) is 0 Å². The van der Waals surface area contributed by atoms with E-state index in [1.54, 1.807) is 60.3 Å². The van der Waals surface area contributed by atoms with Crippen molar-refractivity contribution in [2.24, 2.45) is 7.05 Å². The molecule has 3 heterocycles. The van der Waals surface area contributed by atoms with Crippen LogP contribution >= 0.6 is 0 Å². The molecule has 192 valence electrons. The van der Waals surface area contributed by atoms with Gasteiger partial charge in [0.1, 0.15) is 23.5 Å². The van der Waals surface area contributed by atoms with Crippen LogP contribution in [0.25, 0.3) is 33.3 Å². The van der Waals surface area contributed by atoms with Crippen LogP contribution in [0.15, 0.2) is 73.6 Å². The Morgan fingerprint density at radius 2 is 1.97 bits per heavy atom. The molecule has 0 saturated carbocycles. The predicted molar refractivity (Wildman–Crippen MR) is 146 cm³/mol. The topological polar surface area (TPSA) is 132 Å². The number of rotatable bonds is 6. The molecule has 3 N–H and O–H groups in total. The Balaban J connectivity index is 1.69. The van der Waals surface area contributed by atoms with Gasteiger partial charge in [-0.1, -0.05) is 18.7 Å². The van der Waals surface area contributed by atoms with E-state index in [0.29, 0.717) is 39.0 Å². The van der Waals surface area contributed by atoms with Gasteiger partial charge in [0.15, 0.2) is 0 Å². The summed E-state index contributed by atoms with van der Waals surface area (Å²) in [7, 11) is 1.74. The van der Waals surface area contributed by atoms with Gasteiger partial charge in [0, 0.05) is 41.9 Å². The highest BCUT2D eigenvalue weighted by atomic mass is 19.1. The number of halogens is 1. The molecular formula is C29H22FN7O2. The Morgan fingerprint density at radius 3 is 2.64 bits per heavy atom. The van der Waals surface area contributed by atoms with E-state index in [2.05, 4.69) is 32.9 Å². The Morgan fingerprint density at radius 1 is 1.21 bits per heavy atom. The lowest BCUT2D eigenvalue weighted by molar-refractivity contribution is -0.111. The van der Waals surface area contributed by atoms with Crippen molar-refractivity contribution >= 4 is 28.3 Å². The number of aryl methyl sites for hydroxylation is 2. The molecule has 0 radical (unpaired) electrons. The third-order valence-corrected chi connectivity index (χ3v) is 6.16. The molecule has 0 saturated heterocycles. The van der Waals surface area contributed by atoms with Crippen LogP contribution in [-0.2, 0) is 11.8 Å². The second kappa shape index (κ2) is 10.1. The summed E-state index contributed by atoms with van der Waals surface area (Å²) >= 11 is 0. The van der Waals surface area contributed by atoms with Gasteiger partial charge in [-0.25, -0.2) is 19.3 Å². The highest BCUT2D eigenvalue weighted by Gasteiger charge is 2.25. The second-order valence-electron chi connectivity index (χ2n) is 8.67. The fourth-order valence-electron chi connectivity index (χ4n) is 4.44. The molecule has 10 heteroatoms. The van der Waals surface area contributed by atoms with E-state index in [1.807, 2.05) is 6.92 Å². The number of aromatic nitrogens is 4. The normalized spacial score (nSPS) is 10.7. The molecule has 9 nitrogen and oxygen atoms in total. The number of nitrogens with two attached hydrogens (primary N) is 1. The molecule has 39 heavy (non-hydrogen) atoms. The van der Waals surface area contributed by atoms with E-state index < -0.39 is 11.7 Å². The van der Waals surface area contributed by atoms with Crippen LogP contribution in [0.5, 0.6) is 11.8 Å². The number of nitrogens with one attached hydrogen (secondary N) is 1. The number of carbonyl (C=O) groups excluding carboxylic acids is 1. The summed E-state index contributed by atoms with van der Waals surface area (Å²) in [5.74, 6) is -0.331. The third-order valence-electron chi connectivity index (χ3n) is 6.16. The summed E-state index contributed by atoms with van der Waals surface area (Å²) in [6, 6.07) is 15.6. The van der Waals surface area contributed by atoms with Gasteiger partial charge in [0.2, 0.25) is 5.91 Å². The summed E-state index contributed by atoms with van der Waals surface area (Å²) in [6.07, 6.45) is 4.11. The standard InChI is InChI=1S/C29H22FN7O2/c1-4-23(38)36-19-7-10-21(22(30)13-19)27-24(25-26(37(27)3)18(14-31)15-34-28(25)32)17-5-8-20(9-6-17)39-29-33-12-11-16(2)35-29/h4-13,15H,1H2,2-3H3,(H2,32,34)(H,36,38). The molecule has 2 aromatic carbocycles. The van der Waals surface area contributed by atoms with Crippen LogP contribution in [0, 0.1) is 24.1 Å². The lowest BCUT2D eigenvalue weighted by Gasteiger charge is -2.12. The second-order valence-corrected chi connectivity index (χ2v) is 8.67. The van der Waals surface area contributed by atoms with E-state index in [4.69, 9.17) is 10.5 Å². The van der Waals surface area contributed by atoms with Gasteiger partial charge in [-0.2, -0.15) is 5.26 Å². The highest BCUT2D eigenvalue weighted by Crippen LogP contribution is 2.44. The van der Waals surface area contributed by atoms with Crippen molar-refractivity contribution < 1.29 is 13.9 Å². The number of fused-ring (bicyclic) bond motifs is 1. The number of nitriles is 1. The lowest BCUT2D eigenvalue weighted by Crippen LogP contribution is -2.07. The first-order valence-corrected chi connectivity index (χ1v) is 11.8. The molecule has 0 atom stereocenters. The SMILES string of the molecule is C=CC(=O)Nc1ccc(-c2c(-c3ccc(Oc4nccc(C)n4)cc3)c3c(N)ncc(C#N)c3n2C)c(F)c1. The minimum absolute atomic E-state index is 0.199. The van der Waals surface area contributed by atoms with Crippen molar-refractivity contribution in [1.82, 2.24) is 19.5 Å². The number of nitrogens with zero attached hydrogens (tertiary/aromatic N) is 5. The molecule has 0 bridgehead atoms. The molecule has 3 aromatic heterocycles. The van der Waals surface area contributed by atoms with Gasteiger partial charge >= 0.3 is 6.01 Å². The Labute approximate surface area is 223 Å². The first-order valence-electron chi connectivity index (χ1n) is 11.8. The summed E-state index contributed by atoms with van der Waals surface area (Å²) in [4.78, 5) is 24.3. The van der Waals surface area contributed by atoms with Gasteiger partial charge < -0.3 is 20.4 Å². The number of nitrogen functional groups attached to an aromatic ring is 1. The maximum absolute atomic E-state index is 15.6. The maximum Gasteiger partial charge on any atom is 0.322 e. The molecular weight excluding hydrogens is 497 g/mol. The van der Waals surface area contributed by atoms with Crippen molar-refractivity contribution in [1.29, 1.82) is 5.26 Å². The zero-order chi connectivity index (χ0) is 27.7. The summed E-state index contributed by atoms with van der Waals surface area (Å²) < 4.78 is 23.1. The van der Waals surface area contributed by atoms with E-state index in [9.17, 15) is 10.1 Å². The maximum atomic E-state index is 15.6. The molecule has 0 aliphatic carbocycles. The van der Waals surface area contributed by atoms with Gasteiger partial charge in [-0.15, -0.1) is 0 Å². The van der Waals surface area contributed by atoms with E-state index >= 15 is 4.39 Å². The zero-order valence-corrected chi connectivity index (χ0v) is 21.1. The van der Waals surface area contributed by atoms with E-state index in [-0.39, 0.29) is 23.1 Å². The Bertz CT molecular complexity index is 1800. The number of pyridine rings is 1. The molecule has 1 amide bonds. The largest absolute Gasteiger partial charge is 0.424 e. The van der Waals surface area contributed by atoms with E-state index in [1.165, 1.54) is 12.3 Å². The van der Waals surface area contributed by atoms with Crippen molar-refractivity contribution in [2.45, 2.75) is 6.92 Å². The predicted octanol–water partition coefficient (Wildman–Crippen LogP) is 5.52. The summed E-state index contributed by atoms with van der Waals surface area (Å²) in [6.45, 7) is 5.25. The van der Waals surface area contributed by atoms with Gasteiger partial charge in [0.25, 0.3) is 0 Å². The van der Waals surface area contributed by atoms with Crippen molar-refractivity contribution in [3.63, 3.8) is 0 Å². The lowest BCUT2D eigenvalue weighted by atomic mass is 9.97. The van der Waals surface area contributed by atoms with Gasteiger partial charge in [-0.3, -0.25) is 4.79 Å². The number of amides is 1. The quantitative estimate of drug-likeness (QED) is 0.283. The van der Waals surface area contributed by atoms with Crippen LogP contribution < -0.4 is 15.8 Å². The van der Waals surface area contributed by atoms with Crippen LogP contribution in [0.4, 0.5) is 15.9 Å². The van der Waals surface area contributed by atoms with E-state index in [0.717, 1.165) is 11.8 Å². The van der Waals surface area contributed by atoms with Crippen molar-refractivity contribution in [3.8, 4) is 40.2 Å². The summed E-state index contributed by atoms with van der Waals surface area (Å²) in [5, 5.41) is 12.9. The van der Waals surface area contributed by atoms with Crippen LogP contribution in [0.1, 0.15) is 11.3 Å². The molecule has 0 aliphatic heterocycles. The molecule has 5 aromatic rings. The minimum atomic E-state index is -0.578. The monoisotopic (exact) mass is 519 g/mol. The first kappa shape index (κ1) is 25.1. The number of hydrogen-bond acceptors (Lipinski definition) is 7. The molecule has 0 aliphatic rings. The molecule has 5 rings (SSSR count). The average Bonchev–Trinajstić information content (AvgIpc) is 3.23. The third kappa shape index (κ3) is 4.65. The Kier molecular flexibility index (Phi) is 6.48. The number of hydrogen-bond donors (Lipinski definition) is 2. The smallest absolute Gasteiger partial charge is 0.322 e.